The van der Waals surface area contributed by atoms with Gasteiger partial charge in [-0.05, 0) is 41.6 Å². The smallest absolute Gasteiger partial charge is 0.294 e. The van der Waals surface area contributed by atoms with Crippen molar-refractivity contribution in [2.24, 2.45) is 0 Å². The standard InChI is InChI=1S/C23H19NO4S/c1-14-7-3-4-10-17(14)20-19(21(25)18-11-6-12-29-18)22(26)23(27)24(20)15-8-5-9-16(13-15)28-2/h3-13,20,26H,1-2H3. The monoisotopic (exact) mass is 405 g/mol. The Morgan fingerprint density at radius 1 is 1.10 bits per heavy atom. The van der Waals surface area contributed by atoms with Crippen LogP contribution in [-0.2, 0) is 4.79 Å². The van der Waals surface area contributed by atoms with Crippen molar-refractivity contribution in [3.63, 3.8) is 0 Å². The van der Waals surface area contributed by atoms with Crippen molar-refractivity contribution in [1.82, 2.24) is 0 Å². The van der Waals surface area contributed by atoms with Gasteiger partial charge in [0.05, 0.1) is 23.6 Å². The molecule has 0 spiro atoms. The quantitative estimate of drug-likeness (QED) is 0.617. The number of nitrogens with zero attached hydrogens (tertiary/aromatic N) is 1. The largest absolute Gasteiger partial charge is 0.503 e. The van der Waals surface area contributed by atoms with Gasteiger partial charge in [-0.1, -0.05) is 36.4 Å². The Bertz CT molecular complexity index is 1120. The Kier molecular flexibility index (Phi) is 4.94. The minimum atomic E-state index is -0.731. The summed E-state index contributed by atoms with van der Waals surface area (Å²) in [5, 5.41) is 12.5. The summed E-state index contributed by atoms with van der Waals surface area (Å²) in [4.78, 5) is 28.3. The summed E-state index contributed by atoms with van der Waals surface area (Å²) in [7, 11) is 1.55. The summed E-state index contributed by atoms with van der Waals surface area (Å²) in [6.45, 7) is 1.92. The Morgan fingerprint density at radius 2 is 1.90 bits per heavy atom. The number of rotatable bonds is 5. The lowest BCUT2D eigenvalue weighted by atomic mass is 9.92. The summed E-state index contributed by atoms with van der Waals surface area (Å²) in [6.07, 6.45) is 0. The number of methoxy groups -OCH3 is 1. The highest BCUT2D eigenvalue weighted by Crippen LogP contribution is 2.43. The molecule has 2 aromatic carbocycles. The number of ketones is 1. The fraction of sp³-hybridized carbons (Fsp3) is 0.130. The molecular weight excluding hydrogens is 386 g/mol. The van der Waals surface area contributed by atoms with Gasteiger partial charge in [0.15, 0.2) is 5.76 Å². The molecule has 1 aromatic heterocycles. The molecule has 1 unspecified atom stereocenters. The molecule has 1 aliphatic rings. The summed E-state index contributed by atoms with van der Waals surface area (Å²) in [5.41, 5.74) is 2.34. The predicted molar refractivity (Wildman–Crippen MR) is 113 cm³/mol. The average molecular weight is 405 g/mol. The lowest BCUT2D eigenvalue weighted by molar-refractivity contribution is -0.117. The molecular formula is C23H19NO4S. The van der Waals surface area contributed by atoms with E-state index in [2.05, 4.69) is 0 Å². The van der Waals surface area contributed by atoms with Crippen LogP contribution < -0.4 is 9.64 Å². The Balaban J connectivity index is 1.91. The van der Waals surface area contributed by atoms with E-state index in [1.165, 1.54) is 16.2 Å². The minimum absolute atomic E-state index is 0.0922. The van der Waals surface area contributed by atoms with Crippen LogP contribution in [0.5, 0.6) is 5.75 Å². The molecule has 5 nitrogen and oxygen atoms in total. The van der Waals surface area contributed by atoms with E-state index in [-0.39, 0.29) is 11.4 Å². The van der Waals surface area contributed by atoms with Crippen molar-refractivity contribution < 1.29 is 19.4 Å². The van der Waals surface area contributed by atoms with Crippen LogP contribution in [0, 0.1) is 6.92 Å². The minimum Gasteiger partial charge on any atom is -0.503 e. The highest BCUT2D eigenvalue weighted by atomic mass is 32.1. The highest BCUT2D eigenvalue weighted by molar-refractivity contribution is 7.12. The van der Waals surface area contributed by atoms with Crippen molar-refractivity contribution in [2.75, 3.05) is 12.0 Å². The topological polar surface area (TPSA) is 66.8 Å². The molecule has 0 saturated heterocycles. The predicted octanol–water partition coefficient (Wildman–Crippen LogP) is 4.85. The lowest BCUT2D eigenvalue weighted by Gasteiger charge is -2.28. The number of carbonyl (C=O) groups excluding carboxylic acids is 2. The first-order valence-corrected chi connectivity index (χ1v) is 9.95. The van der Waals surface area contributed by atoms with Crippen molar-refractivity contribution in [1.29, 1.82) is 0 Å². The first-order chi connectivity index (χ1) is 14.0. The van der Waals surface area contributed by atoms with Crippen molar-refractivity contribution in [3.8, 4) is 5.75 Å². The first-order valence-electron chi connectivity index (χ1n) is 9.07. The van der Waals surface area contributed by atoms with E-state index in [0.29, 0.717) is 16.3 Å². The maximum Gasteiger partial charge on any atom is 0.294 e. The fourth-order valence-corrected chi connectivity index (χ4v) is 4.27. The van der Waals surface area contributed by atoms with E-state index in [4.69, 9.17) is 4.74 Å². The van der Waals surface area contributed by atoms with E-state index >= 15 is 0 Å². The first kappa shape index (κ1) is 19.0. The summed E-state index contributed by atoms with van der Waals surface area (Å²) in [6, 6.07) is 17.3. The molecule has 0 radical (unpaired) electrons. The average Bonchev–Trinajstić information content (AvgIpc) is 3.36. The second-order valence-corrected chi connectivity index (χ2v) is 7.65. The summed E-state index contributed by atoms with van der Waals surface area (Å²) in [5.74, 6) is -0.883. The van der Waals surface area contributed by atoms with Gasteiger partial charge in [0.25, 0.3) is 5.91 Å². The Labute approximate surface area is 172 Å². The van der Waals surface area contributed by atoms with Gasteiger partial charge in [0.2, 0.25) is 5.78 Å². The molecule has 146 valence electrons. The number of aliphatic hydroxyl groups excluding tert-OH is 1. The number of Topliss-reactive ketones (excluding diaryl/α,β-unsaturated/α-hetero) is 1. The zero-order valence-corrected chi connectivity index (χ0v) is 16.8. The number of thiophene rings is 1. The zero-order valence-electron chi connectivity index (χ0n) is 16.0. The molecule has 0 bridgehead atoms. The maximum atomic E-state index is 13.2. The number of ether oxygens (including phenoxy) is 1. The van der Waals surface area contributed by atoms with Gasteiger partial charge in [-0.2, -0.15) is 0 Å². The van der Waals surface area contributed by atoms with E-state index in [1.807, 2.05) is 31.2 Å². The number of aryl methyl sites for hydroxylation is 1. The van der Waals surface area contributed by atoms with Crippen molar-refractivity contribution >= 4 is 28.7 Å². The van der Waals surface area contributed by atoms with Crippen LogP contribution in [0.4, 0.5) is 5.69 Å². The molecule has 1 N–H and O–H groups in total. The van der Waals surface area contributed by atoms with Gasteiger partial charge in [0.1, 0.15) is 5.75 Å². The number of hydrogen-bond donors (Lipinski definition) is 1. The number of amides is 1. The number of anilines is 1. The molecule has 6 heteroatoms. The van der Waals surface area contributed by atoms with Crippen molar-refractivity contribution in [2.45, 2.75) is 13.0 Å². The summed E-state index contributed by atoms with van der Waals surface area (Å²) < 4.78 is 5.30. The van der Waals surface area contributed by atoms with E-state index in [9.17, 15) is 14.7 Å². The van der Waals surface area contributed by atoms with Crippen LogP contribution in [0.3, 0.4) is 0 Å². The van der Waals surface area contributed by atoms with Crippen LogP contribution >= 0.6 is 11.3 Å². The molecule has 0 aliphatic carbocycles. The van der Waals surface area contributed by atoms with Crippen molar-refractivity contribution in [3.05, 3.63) is 93.4 Å². The van der Waals surface area contributed by atoms with Crippen LogP contribution in [0.2, 0.25) is 0 Å². The van der Waals surface area contributed by atoms with Crippen LogP contribution in [0.15, 0.2) is 77.4 Å². The third-order valence-corrected chi connectivity index (χ3v) is 5.88. The highest BCUT2D eigenvalue weighted by Gasteiger charge is 2.45. The van der Waals surface area contributed by atoms with Gasteiger partial charge < -0.3 is 9.84 Å². The Morgan fingerprint density at radius 3 is 2.59 bits per heavy atom. The molecule has 2 heterocycles. The lowest BCUT2D eigenvalue weighted by Crippen LogP contribution is -2.31. The third kappa shape index (κ3) is 3.21. The van der Waals surface area contributed by atoms with Crippen LogP contribution in [0.1, 0.15) is 26.8 Å². The fourth-order valence-electron chi connectivity index (χ4n) is 3.59. The molecule has 3 aromatic rings. The summed E-state index contributed by atoms with van der Waals surface area (Å²) >= 11 is 1.28. The SMILES string of the molecule is COc1cccc(N2C(=O)C(O)=C(C(=O)c3cccs3)C2c2ccccc2C)c1. The van der Waals surface area contributed by atoms with Gasteiger partial charge >= 0.3 is 0 Å². The number of hydrogen-bond acceptors (Lipinski definition) is 5. The number of benzene rings is 2. The molecule has 0 saturated carbocycles. The van der Waals surface area contributed by atoms with Gasteiger partial charge in [0, 0.05) is 11.8 Å². The van der Waals surface area contributed by atoms with E-state index in [0.717, 1.165) is 11.1 Å². The molecule has 4 rings (SSSR count). The van der Waals surface area contributed by atoms with Crippen LogP contribution in [-0.4, -0.2) is 23.9 Å². The van der Waals surface area contributed by atoms with Crippen LogP contribution in [0.25, 0.3) is 0 Å². The normalized spacial score (nSPS) is 16.4. The molecule has 29 heavy (non-hydrogen) atoms. The molecule has 0 fully saturated rings. The number of aliphatic hydroxyl groups is 1. The van der Waals surface area contributed by atoms with Gasteiger partial charge in [-0.15, -0.1) is 11.3 Å². The second kappa shape index (κ2) is 7.56. The number of carbonyl (C=O) groups is 2. The van der Waals surface area contributed by atoms with E-state index < -0.39 is 17.7 Å². The maximum absolute atomic E-state index is 13.2. The molecule has 1 atom stereocenters. The Hall–Kier alpha value is -3.38. The van der Waals surface area contributed by atoms with Gasteiger partial charge in [-0.25, -0.2) is 0 Å². The molecule has 1 aliphatic heterocycles. The van der Waals surface area contributed by atoms with E-state index in [1.54, 1.807) is 48.9 Å². The second-order valence-electron chi connectivity index (χ2n) is 6.70. The zero-order chi connectivity index (χ0) is 20.5. The molecule has 1 amide bonds. The van der Waals surface area contributed by atoms with Gasteiger partial charge in [-0.3, -0.25) is 14.5 Å². The third-order valence-electron chi connectivity index (χ3n) is 5.01.